The van der Waals surface area contributed by atoms with E-state index in [1.165, 1.54) is 54.2 Å². The van der Waals surface area contributed by atoms with E-state index in [9.17, 15) is 48.9 Å². The van der Waals surface area contributed by atoms with E-state index in [0.29, 0.717) is 55.6 Å². The summed E-state index contributed by atoms with van der Waals surface area (Å²) in [6.07, 6.45) is 7.12. The van der Waals surface area contributed by atoms with Crippen molar-refractivity contribution in [2.75, 3.05) is 19.6 Å². The van der Waals surface area contributed by atoms with Crippen LogP contribution in [0.3, 0.4) is 0 Å². The van der Waals surface area contributed by atoms with Crippen molar-refractivity contribution in [1.82, 2.24) is 0 Å². The van der Waals surface area contributed by atoms with Crippen LogP contribution < -0.4 is 19.6 Å². The normalized spacial score (nSPS) is 12.9. The van der Waals surface area contributed by atoms with Crippen molar-refractivity contribution in [3.63, 3.8) is 0 Å². The van der Waals surface area contributed by atoms with Crippen molar-refractivity contribution in [2.24, 2.45) is 0 Å². The molecule has 0 unspecified atom stereocenters. The van der Waals surface area contributed by atoms with Crippen LogP contribution in [0.25, 0.3) is 78.2 Å². The summed E-state index contributed by atoms with van der Waals surface area (Å²) >= 11 is -0.513. The van der Waals surface area contributed by atoms with Crippen molar-refractivity contribution in [3.05, 3.63) is 531 Å². The van der Waals surface area contributed by atoms with Gasteiger partial charge in [0.25, 0.3) is 0 Å². The monoisotopic (exact) mass is 2160 g/mol. The van der Waals surface area contributed by atoms with E-state index in [4.69, 9.17) is 0 Å². The molecule has 0 radical (unpaired) electrons. The second-order valence-electron chi connectivity index (χ2n) is 35.6. The summed E-state index contributed by atoms with van der Waals surface area (Å²) in [7, 11) is 0. The molecule has 4 aliphatic carbocycles. The number of aryl methyl sites for hydroxylation is 3. The van der Waals surface area contributed by atoms with E-state index in [2.05, 4.69) is 258 Å². The van der Waals surface area contributed by atoms with E-state index in [1.54, 1.807) is 109 Å². The maximum atomic E-state index is 13.0. The molecule has 0 spiro atoms. The number of para-hydroxylation sites is 2. The average molecular weight is 2160 g/mol. The molecular weight excluding hydrogens is 2080 g/mol. The molecule has 0 saturated heterocycles. The van der Waals surface area contributed by atoms with Crippen molar-refractivity contribution in [1.29, 1.82) is 10.5 Å². The number of nitriles is 2. The fraction of sp³-hybridized carbons (Fsp3) is 0.0233. The molecule has 4 heterocycles. The number of carbonyl (C=O) groups excluding carboxylic acids is 8. The first kappa shape index (κ1) is 94.4. The minimum absolute atomic E-state index is 0.0783. The molecule has 147 heavy (non-hydrogen) atoms. The molecule has 700 valence electrons. The van der Waals surface area contributed by atoms with Crippen LogP contribution in [0.5, 0.6) is 0 Å². The van der Waals surface area contributed by atoms with Crippen LogP contribution in [-0.2, 0) is 0 Å². The molecule has 4 aromatic heterocycles. The van der Waals surface area contributed by atoms with E-state index in [-0.39, 0.29) is 127 Å². The summed E-state index contributed by atoms with van der Waals surface area (Å²) in [6, 6.07) is 142. The Kier molecular flexibility index (Phi) is 26.2. The van der Waals surface area contributed by atoms with Crippen LogP contribution in [0, 0.1) is 43.4 Å². The molecular formula is C129H82N6O8Se4. The molecule has 14 nitrogen and oxygen atoms in total. The van der Waals surface area contributed by atoms with Gasteiger partial charge in [-0.15, -0.1) is 0 Å². The third kappa shape index (κ3) is 18.3. The van der Waals surface area contributed by atoms with Gasteiger partial charge < -0.3 is 0 Å². The molecule has 0 fully saturated rings. The van der Waals surface area contributed by atoms with Gasteiger partial charge in [0.15, 0.2) is 0 Å². The summed E-state index contributed by atoms with van der Waals surface area (Å²) in [5.41, 5.74) is 17.8. The minimum atomic E-state index is -0.214. The Balaban J connectivity index is 0.000000111. The Hall–Kier alpha value is -17.5. The number of allylic oxidation sites excluding steroid dienone is 4. The molecule has 18 heteroatoms. The summed E-state index contributed by atoms with van der Waals surface area (Å²) < 4.78 is 8.35. The molecule has 0 aliphatic heterocycles. The number of rotatable bonds is 16. The summed E-state index contributed by atoms with van der Waals surface area (Å²) in [4.78, 5) is 113. The summed E-state index contributed by atoms with van der Waals surface area (Å²) in [5, 5.41) is 30.5. The van der Waals surface area contributed by atoms with Crippen LogP contribution in [0.15, 0.2) is 441 Å². The topological polar surface area (TPSA) is 197 Å². The Bertz CT molecular complexity index is 9110. The fourth-order valence-electron chi connectivity index (χ4n) is 19.5. The van der Waals surface area contributed by atoms with Gasteiger partial charge in [0.05, 0.1) is 0 Å². The average Bonchev–Trinajstić information content (AvgIpc) is 1.49. The predicted molar refractivity (Wildman–Crippen MR) is 596 cm³/mol. The van der Waals surface area contributed by atoms with Gasteiger partial charge in [-0.2, -0.15) is 0 Å². The van der Waals surface area contributed by atoms with E-state index >= 15 is 0 Å². The number of benzene rings is 17. The Morgan fingerprint density at radius 1 is 0.218 bits per heavy atom. The van der Waals surface area contributed by atoms with Crippen LogP contribution in [0.1, 0.15) is 128 Å². The van der Waals surface area contributed by atoms with Crippen molar-refractivity contribution >= 4 is 246 Å². The van der Waals surface area contributed by atoms with Gasteiger partial charge in [0.2, 0.25) is 0 Å². The van der Waals surface area contributed by atoms with Gasteiger partial charge in [-0.05, 0) is 0 Å². The fourth-order valence-corrected chi connectivity index (χ4v) is 27.7. The quantitative estimate of drug-likeness (QED) is 0.0383. The number of hydrogen-bond donors (Lipinski definition) is 0. The van der Waals surface area contributed by atoms with Crippen molar-refractivity contribution in [2.45, 2.75) is 20.8 Å². The third-order valence-electron chi connectivity index (χ3n) is 26.6. The standard InChI is InChI=1S/C34H21NO2Se.2C32H20N2O2Se.C31H21NO2Se/c36-33-28-16-8-9-17-29(28)34(37)30(33)21-25-18-19-31(38-25)35(24-12-2-1-3-13-24)32-26-14-6-4-10-22(26)20-23-11-5-7-15-27(23)32;1-20-13-15-29(25-10-3-2-9-24(20)25)34(22-8-6-7-21(17-22)19-33)30-16-14-23(37-30)18-28-31(35)26-11-4-5-12-27(26)32(28)36;1-20-10-16-29(25-7-3-2-6-24(20)25)34(22-13-11-21(19-33)12-14-22)30-17-15-23(37-30)18-28-31(35)26-8-4-5-9-27(26)32(28)36;1-20-14-16-25-26(18-20)31(34)27(30(25)33)19-23-15-17-29(35-23)32(22-10-3-2-4-11-22)28-13-7-9-21-8-5-6-12-24(21)28/h1-21H;2*2-18H,1H3;2-19H,1H3/b;;;27-19+. The summed E-state index contributed by atoms with van der Waals surface area (Å²) in [6.45, 7) is 6.14. The van der Waals surface area contributed by atoms with Gasteiger partial charge >= 0.3 is 879 Å². The molecule has 25 rings (SSSR count). The Labute approximate surface area is 871 Å². The van der Waals surface area contributed by atoms with Crippen molar-refractivity contribution < 1.29 is 38.4 Å². The first-order valence-corrected chi connectivity index (χ1v) is 54.4. The van der Waals surface area contributed by atoms with Crippen LogP contribution >= 0.6 is 0 Å². The van der Waals surface area contributed by atoms with Gasteiger partial charge in [-0.25, -0.2) is 0 Å². The van der Waals surface area contributed by atoms with E-state index < -0.39 is 0 Å². The number of fused-ring (bicyclic) bond motifs is 9. The van der Waals surface area contributed by atoms with Crippen LogP contribution in [-0.4, -0.2) is 104 Å². The van der Waals surface area contributed by atoms with E-state index in [0.717, 1.165) is 97.8 Å². The number of carbonyl (C=O) groups is 8. The molecule has 21 aromatic rings. The molecule has 0 saturated carbocycles. The predicted octanol–water partition coefficient (Wildman–Crippen LogP) is 29.1. The first-order valence-electron chi connectivity index (χ1n) is 47.6. The second kappa shape index (κ2) is 40.7. The molecule has 17 aromatic carbocycles. The number of ketones is 8. The second-order valence-corrected chi connectivity index (χ2v) is 44.8. The van der Waals surface area contributed by atoms with Gasteiger partial charge in [-0.1, -0.05) is 0 Å². The zero-order valence-corrected chi connectivity index (χ0v) is 86.1. The molecule has 4 aliphatic rings. The van der Waals surface area contributed by atoms with Crippen molar-refractivity contribution in [3.8, 4) is 12.1 Å². The van der Waals surface area contributed by atoms with Crippen LogP contribution in [0.4, 0.5) is 63.7 Å². The maximum absolute atomic E-state index is 13.0. The number of Topliss-reactive ketones (excluding diaryl/α,β-unsaturated/α-hetero) is 8. The first-order chi connectivity index (χ1) is 71.9. The van der Waals surface area contributed by atoms with E-state index in [1.807, 2.05) is 128 Å². The van der Waals surface area contributed by atoms with Gasteiger partial charge in [0, 0.05) is 0 Å². The number of nitrogens with zero attached hydrogens (tertiary/aromatic N) is 6. The molecule has 0 N–H and O–H groups in total. The van der Waals surface area contributed by atoms with Crippen LogP contribution in [0.2, 0.25) is 0 Å². The molecule has 0 bridgehead atoms. The third-order valence-corrected chi connectivity index (χ3v) is 35.1. The van der Waals surface area contributed by atoms with Gasteiger partial charge in [0.1, 0.15) is 0 Å². The molecule has 0 atom stereocenters. The summed E-state index contributed by atoms with van der Waals surface area (Å²) in [5.74, 6) is -1.57. The Morgan fingerprint density at radius 3 is 0.939 bits per heavy atom. The molecule has 0 amide bonds. The zero-order chi connectivity index (χ0) is 101. The van der Waals surface area contributed by atoms with Gasteiger partial charge in [-0.3, -0.25) is 0 Å². The Morgan fingerprint density at radius 2 is 0.524 bits per heavy atom. The zero-order valence-electron chi connectivity index (χ0n) is 79.2. The number of hydrogen-bond acceptors (Lipinski definition) is 14. The SMILES string of the molecule is Cc1ccc(N(c2ccc(C#N)cc2)c2ccc(C=C3C(=O)c4ccccc4C3=O)[se]2)c2ccccc12.Cc1ccc(N(c2cccc(C#N)c2)c2ccc(C=C3C(=O)c4ccccc4C3=O)[se]2)c2ccccc12.Cc1ccc2c(c1)C(=O)/C(=C/c1ccc(N(c3ccccc3)c3cccc4ccccc34)[se]1)C2=O.O=C1C(=Cc2ccc(N(c3ccccc3)c3c4ccccc4cc4ccccc34)[se]2)C(=O)c2ccccc21. The number of anilines is 12.